The Morgan fingerprint density at radius 1 is 1.33 bits per heavy atom. The van der Waals surface area contributed by atoms with Crippen molar-refractivity contribution < 1.29 is 14.3 Å². The van der Waals surface area contributed by atoms with E-state index in [1.54, 1.807) is 11.0 Å². The number of ether oxygens (including phenoxy) is 1. The molecular formula is C16H22N2O3. The Morgan fingerprint density at radius 3 is 2.67 bits per heavy atom. The van der Waals surface area contributed by atoms with Crippen LogP contribution < -0.4 is 0 Å². The number of Topliss-reactive ketones (excluding diaryl/α,β-unsaturated/α-hetero) is 1. The zero-order valence-corrected chi connectivity index (χ0v) is 13.0. The number of hydrogen-bond acceptors (Lipinski definition) is 4. The summed E-state index contributed by atoms with van der Waals surface area (Å²) >= 11 is 0. The van der Waals surface area contributed by atoms with Crippen LogP contribution in [0.1, 0.15) is 43.4 Å². The molecule has 1 amide bonds. The van der Waals surface area contributed by atoms with Crippen LogP contribution in [0.15, 0.2) is 18.2 Å². The minimum absolute atomic E-state index is 0.00441. The first-order valence-electron chi connectivity index (χ1n) is 7.22. The van der Waals surface area contributed by atoms with Crippen molar-refractivity contribution >= 4 is 11.9 Å². The number of aryl methyl sites for hydroxylation is 1. The molecule has 0 spiro atoms. The molecule has 114 valence electrons. The smallest absolute Gasteiger partial charge is 0.410 e. The Balaban J connectivity index is 1.99. The summed E-state index contributed by atoms with van der Waals surface area (Å²) < 4.78 is 5.33. The summed E-state index contributed by atoms with van der Waals surface area (Å²) in [6.07, 6.45) is 0.309. The fourth-order valence-corrected chi connectivity index (χ4v) is 2.36. The maximum Gasteiger partial charge on any atom is 0.410 e. The second-order valence-corrected chi connectivity index (χ2v) is 6.44. The minimum atomic E-state index is -0.517. The van der Waals surface area contributed by atoms with Gasteiger partial charge in [-0.15, -0.1) is 0 Å². The van der Waals surface area contributed by atoms with E-state index in [4.69, 9.17) is 4.74 Å². The normalized spacial score (nSPS) is 18.7. The zero-order valence-electron chi connectivity index (χ0n) is 13.0. The lowest BCUT2D eigenvalue weighted by Crippen LogP contribution is -2.35. The van der Waals surface area contributed by atoms with Crippen molar-refractivity contribution in [3.05, 3.63) is 29.6 Å². The van der Waals surface area contributed by atoms with E-state index in [9.17, 15) is 9.59 Å². The third-order valence-electron chi connectivity index (χ3n) is 3.35. The quantitative estimate of drug-likeness (QED) is 0.786. The van der Waals surface area contributed by atoms with E-state index in [2.05, 4.69) is 4.98 Å². The number of ketones is 1. The maximum absolute atomic E-state index is 12.4. The first-order chi connectivity index (χ1) is 9.76. The molecule has 0 radical (unpaired) electrons. The van der Waals surface area contributed by atoms with E-state index >= 15 is 0 Å². The number of rotatable bonds is 2. The molecule has 1 fully saturated rings. The largest absolute Gasteiger partial charge is 0.444 e. The molecule has 0 N–H and O–H groups in total. The molecule has 1 unspecified atom stereocenters. The van der Waals surface area contributed by atoms with Crippen LogP contribution in [0.5, 0.6) is 0 Å². The summed E-state index contributed by atoms with van der Waals surface area (Å²) in [7, 11) is 0. The predicted molar refractivity (Wildman–Crippen MR) is 79.2 cm³/mol. The molecule has 1 saturated heterocycles. The molecule has 2 rings (SSSR count). The van der Waals surface area contributed by atoms with E-state index in [0.29, 0.717) is 25.2 Å². The highest BCUT2D eigenvalue weighted by Crippen LogP contribution is 2.22. The van der Waals surface area contributed by atoms with Gasteiger partial charge in [0.05, 0.1) is 0 Å². The van der Waals surface area contributed by atoms with E-state index in [-0.39, 0.29) is 17.8 Å². The highest BCUT2D eigenvalue weighted by molar-refractivity contribution is 5.96. The van der Waals surface area contributed by atoms with Crippen molar-refractivity contribution in [1.82, 2.24) is 9.88 Å². The Kier molecular flexibility index (Phi) is 4.30. The van der Waals surface area contributed by atoms with Gasteiger partial charge in [-0.2, -0.15) is 0 Å². The number of carbonyl (C=O) groups is 2. The lowest BCUT2D eigenvalue weighted by Gasteiger charge is -2.24. The number of likely N-dealkylation sites (tertiary alicyclic amines) is 1. The van der Waals surface area contributed by atoms with Crippen LogP contribution in [0.2, 0.25) is 0 Å². The molecule has 5 heteroatoms. The number of amides is 1. The van der Waals surface area contributed by atoms with Crippen LogP contribution in [-0.4, -0.2) is 40.5 Å². The van der Waals surface area contributed by atoms with Crippen LogP contribution in [0.3, 0.4) is 0 Å². The minimum Gasteiger partial charge on any atom is -0.444 e. The number of carbonyl (C=O) groups excluding carboxylic acids is 2. The lowest BCUT2D eigenvalue weighted by atomic mass is 10.0. The molecule has 0 aliphatic carbocycles. The number of hydrogen-bond donors (Lipinski definition) is 0. The van der Waals surface area contributed by atoms with Crippen molar-refractivity contribution in [3.8, 4) is 0 Å². The van der Waals surface area contributed by atoms with Crippen molar-refractivity contribution in [2.75, 3.05) is 13.1 Å². The molecule has 2 heterocycles. The molecule has 1 aliphatic rings. The van der Waals surface area contributed by atoms with Crippen molar-refractivity contribution in [3.63, 3.8) is 0 Å². The first-order valence-corrected chi connectivity index (χ1v) is 7.22. The van der Waals surface area contributed by atoms with Crippen molar-refractivity contribution in [2.45, 2.75) is 39.7 Å². The van der Waals surface area contributed by atoms with Crippen molar-refractivity contribution in [2.24, 2.45) is 5.92 Å². The van der Waals surface area contributed by atoms with Gasteiger partial charge in [-0.25, -0.2) is 4.79 Å². The van der Waals surface area contributed by atoms with E-state index in [0.717, 1.165) is 5.69 Å². The Morgan fingerprint density at radius 2 is 2.05 bits per heavy atom. The Labute approximate surface area is 125 Å². The molecule has 0 aromatic carbocycles. The standard InChI is InChI=1S/C16H22N2O3/c1-11-6-5-7-13(17-11)14(19)12-8-9-18(10-12)15(20)21-16(2,3)4/h5-7,12H,8-10H2,1-4H3. The predicted octanol–water partition coefficient (Wildman–Crippen LogP) is 2.83. The van der Waals surface area contributed by atoms with Crippen molar-refractivity contribution in [1.29, 1.82) is 0 Å². The molecule has 0 bridgehead atoms. The van der Waals surface area contributed by atoms with E-state index in [1.807, 2.05) is 39.8 Å². The van der Waals surface area contributed by atoms with Gasteiger partial charge in [0.2, 0.25) is 0 Å². The van der Waals surface area contributed by atoms with Gasteiger partial charge in [0.1, 0.15) is 11.3 Å². The summed E-state index contributed by atoms with van der Waals surface area (Å²) in [6.45, 7) is 8.32. The van der Waals surface area contributed by atoms with Crippen LogP contribution in [0.4, 0.5) is 4.79 Å². The van der Waals surface area contributed by atoms with Gasteiger partial charge in [-0.3, -0.25) is 9.78 Å². The Hall–Kier alpha value is -1.91. The molecule has 0 saturated carbocycles. The summed E-state index contributed by atoms with van der Waals surface area (Å²) in [5.74, 6) is -0.184. The fourth-order valence-electron chi connectivity index (χ4n) is 2.36. The second-order valence-electron chi connectivity index (χ2n) is 6.44. The third-order valence-corrected chi connectivity index (χ3v) is 3.35. The van der Waals surface area contributed by atoms with Crippen LogP contribution in [-0.2, 0) is 4.74 Å². The van der Waals surface area contributed by atoms with Gasteiger partial charge in [-0.05, 0) is 46.2 Å². The topological polar surface area (TPSA) is 59.5 Å². The van der Waals surface area contributed by atoms with Gasteiger partial charge in [0, 0.05) is 24.7 Å². The summed E-state index contributed by atoms with van der Waals surface area (Å²) in [5, 5.41) is 0. The molecule has 1 atom stereocenters. The molecule has 5 nitrogen and oxygen atoms in total. The van der Waals surface area contributed by atoms with Crippen LogP contribution >= 0.6 is 0 Å². The number of nitrogens with zero attached hydrogens (tertiary/aromatic N) is 2. The fraction of sp³-hybridized carbons (Fsp3) is 0.562. The van der Waals surface area contributed by atoms with Gasteiger partial charge in [0.15, 0.2) is 5.78 Å². The average molecular weight is 290 g/mol. The van der Waals surface area contributed by atoms with E-state index < -0.39 is 5.60 Å². The second kappa shape index (κ2) is 5.84. The molecular weight excluding hydrogens is 268 g/mol. The van der Waals surface area contributed by atoms with E-state index in [1.165, 1.54) is 0 Å². The van der Waals surface area contributed by atoms with Gasteiger partial charge in [0.25, 0.3) is 0 Å². The Bertz CT molecular complexity index is 549. The summed E-state index contributed by atoms with van der Waals surface area (Å²) in [4.78, 5) is 30.3. The highest BCUT2D eigenvalue weighted by atomic mass is 16.6. The molecule has 21 heavy (non-hydrogen) atoms. The SMILES string of the molecule is Cc1cccc(C(=O)C2CCN(C(=O)OC(C)(C)C)C2)n1. The number of aromatic nitrogens is 1. The highest BCUT2D eigenvalue weighted by Gasteiger charge is 2.34. The summed E-state index contributed by atoms with van der Waals surface area (Å²) in [5.41, 5.74) is 0.783. The monoisotopic (exact) mass is 290 g/mol. The first kappa shape index (κ1) is 15.5. The van der Waals surface area contributed by atoms with Gasteiger partial charge < -0.3 is 9.64 Å². The third kappa shape index (κ3) is 4.03. The van der Waals surface area contributed by atoms with Gasteiger partial charge >= 0.3 is 6.09 Å². The van der Waals surface area contributed by atoms with Crippen LogP contribution in [0, 0.1) is 12.8 Å². The lowest BCUT2D eigenvalue weighted by molar-refractivity contribution is 0.0289. The maximum atomic E-state index is 12.4. The molecule has 1 aromatic rings. The zero-order chi connectivity index (χ0) is 15.6. The number of pyridine rings is 1. The average Bonchev–Trinajstić information content (AvgIpc) is 2.85. The van der Waals surface area contributed by atoms with Gasteiger partial charge in [-0.1, -0.05) is 6.07 Å². The molecule has 1 aromatic heterocycles. The summed E-state index contributed by atoms with van der Waals surface area (Å²) in [6, 6.07) is 5.42. The van der Waals surface area contributed by atoms with Crippen LogP contribution in [0.25, 0.3) is 0 Å². The molecule has 1 aliphatic heterocycles.